The van der Waals surface area contributed by atoms with Crippen molar-refractivity contribution in [2.75, 3.05) is 14.1 Å². The van der Waals surface area contributed by atoms with Crippen LogP contribution < -0.4 is 0 Å². The van der Waals surface area contributed by atoms with Crippen molar-refractivity contribution in [2.24, 2.45) is 0 Å². The molecule has 0 aliphatic carbocycles. The van der Waals surface area contributed by atoms with Crippen molar-refractivity contribution in [3.8, 4) is 0 Å². The standard InChI is InChI=1S/C8H10N2OS/c1-10(2)8(11)6-3-7(12)5-9-4-6/h3-5,12H,1-2H3. The van der Waals surface area contributed by atoms with Crippen molar-refractivity contribution >= 4 is 18.5 Å². The Labute approximate surface area is 76.8 Å². The highest BCUT2D eigenvalue weighted by Crippen LogP contribution is 2.07. The van der Waals surface area contributed by atoms with Crippen LogP contribution in [0.2, 0.25) is 0 Å². The zero-order valence-corrected chi connectivity index (χ0v) is 7.88. The van der Waals surface area contributed by atoms with E-state index >= 15 is 0 Å². The number of nitrogens with zero attached hydrogens (tertiary/aromatic N) is 2. The molecule has 0 unspecified atom stereocenters. The molecule has 1 heterocycles. The highest BCUT2D eigenvalue weighted by atomic mass is 32.1. The molecule has 0 radical (unpaired) electrons. The number of hydrogen-bond donors (Lipinski definition) is 1. The quantitative estimate of drug-likeness (QED) is 0.659. The molecule has 0 bridgehead atoms. The van der Waals surface area contributed by atoms with E-state index in [0.29, 0.717) is 10.5 Å². The molecule has 12 heavy (non-hydrogen) atoms. The largest absolute Gasteiger partial charge is 0.345 e. The normalized spacial score (nSPS) is 9.58. The summed E-state index contributed by atoms with van der Waals surface area (Å²) in [4.78, 5) is 17.4. The smallest absolute Gasteiger partial charge is 0.254 e. The summed E-state index contributed by atoms with van der Waals surface area (Å²) in [5.41, 5.74) is 0.563. The molecule has 1 rings (SSSR count). The lowest BCUT2D eigenvalue weighted by Gasteiger charge is -2.09. The lowest BCUT2D eigenvalue weighted by Crippen LogP contribution is -2.21. The Bertz CT molecular complexity index is 299. The number of thiol groups is 1. The van der Waals surface area contributed by atoms with Crippen LogP contribution in [0.5, 0.6) is 0 Å². The molecule has 0 saturated carbocycles. The fraction of sp³-hybridized carbons (Fsp3) is 0.250. The Hall–Kier alpha value is -1.03. The summed E-state index contributed by atoms with van der Waals surface area (Å²) in [5.74, 6) is -0.0570. The Kier molecular flexibility index (Phi) is 2.70. The van der Waals surface area contributed by atoms with Crippen molar-refractivity contribution in [3.63, 3.8) is 0 Å². The lowest BCUT2D eigenvalue weighted by atomic mass is 10.2. The van der Waals surface area contributed by atoms with Gasteiger partial charge in [-0.15, -0.1) is 12.6 Å². The summed E-state index contributed by atoms with van der Waals surface area (Å²) in [5, 5.41) is 0. The summed E-state index contributed by atoms with van der Waals surface area (Å²) >= 11 is 4.08. The fourth-order valence-electron chi connectivity index (χ4n) is 0.803. The van der Waals surface area contributed by atoms with Crippen LogP contribution in [0.4, 0.5) is 0 Å². The van der Waals surface area contributed by atoms with Crippen molar-refractivity contribution in [1.29, 1.82) is 0 Å². The van der Waals surface area contributed by atoms with Crippen LogP contribution in [-0.4, -0.2) is 29.9 Å². The first-order valence-corrected chi connectivity index (χ1v) is 3.91. The lowest BCUT2D eigenvalue weighted by molar-refractivity contribution is 0.0827. The van der Waals surface area contributed by atoms with Gasteiger partial charge in [-0.3, -0.25) is 9.78 Å². The summed E-state index contributed by atoms with van der Waals surface area (Å²) in [6, 6.07) is 1.69. The van der Waals surface area contributed by atoms with Gasteiger partial charge in [0.25, 0.3) is 5.91 Å². The predicted octanol–water partition coefficient (Wildman–Crippen LogP) is 1.07. The van der Waals surface area contributed by atoms with Crippen LogP contribution >= 0.6 is 12.6 Å². The van der Waals surface area contributed by atoms with Gasteiger partial charge in [0.05, 0.1) is 5.56 Å². The number of carbonyl (C=O) groups excluding carboxylic acids is 1. The first-order chi connectivity index (χ1) is 5.61. The average Bonchev–Trinajstić information content (AvgIpc) is 2.03. The highest BCUT2D eigenvalue weighted by Gasteiger charge is 2.07. The highest BCUT2D eigenvalue weighted by molar-refractivity contribution is 7.80. The van der Waals surface area contributed by atoms with Crippen LogP contribution in [0, 0.1) is 0 Å². The summed E-state index contributed by atoms with van der Waals surface area (Å²) < 4.78 is 0. The second-order valence-electron chi connectivity index (χ2n) is 2.63. The van der Waals surface area contributed by atoms with Gasteiger partial charge in [-0.25, -0.2) is 0 Å². The van der Waals surface area contributed by atoms with E-state index in [2.05, 4.69) is 17.6 Å². The van der Waals surface area contributed by atoms with Crippen LogP contribution in [-0.2, 0) is 0 Å². The molecule has 64 valence electrons. The molecule has 0 aromatic carbocycles. The summed E-state index contributed by atoms with van der Waals surface area (Å²) in [6.07, 6.45) is 3.12. The van der Waals surface area contributed by atoms with Gasteiger partial charge in [0.1, 0.15) is 0 Å². The van der Waals surface area contributed by atoms with Crippen molar-refractivity contribution < 1.29 is 4.79 Å². The van der Waals surface area contributed by atoms with Crippen LogP contribution in [0.3, 0.4) is 0 Å². The molecule has 0 spiro atoms. The number of rotatable bonds is 1. The number of pyridine rings is 1. The van der Waals surface area contributed by atoms with E-state index in [0.717, 1.165) is 0 Å². The van der Waals surface area contributed by atoms with Gasteiger partial charge in [-0.1, -0.05) is 0 Å². The molecule has 0 atom stereocenters. The van der Waals surface area contributed by atoms with Gasteiger partial charge in [0.15, 0.2) is 0 Å². The molecule has 3 nitrogen and oxygen atoms in total. The molecule has 0 aliphatic heterocycles. The van der Waals surface area contributed by atoms with Crippen LogP contribution in [0.25, 0.3) is 0 Å². The molecule has 1 aromatic rings. The minimum absolute atomic E-state index is 0.0570. The second kappa shape index (κ2) is 3.58. The van der Waals surface area contributed by atoms with E-state index in [1.54, 1.807) is 26.4 Å². The van der Waals surface area contributed by atoms with Crippen molar-refractivity contribution in [1.82, 2.24) is 9.88 Å². The minimum atomic E-state index is -0.0570. The molecule has 0 fully saturated rings. The van der Waals surface area contributed by atoms with Crippen LogP contribution in [0.1, 0.15) is 10.4 Å². The molecular weight excluding hydrogens is 172 g/mol. The summed E-state index contributed by atoms with van der Waals surface area (Å²) in [6.45, 7) is 0. The third-order valence-electron chi connectivity index (χ3n) is 1.38. The Morgan fingerprint density at radius 2 is 2.17 bits per heavy atom. The third kappa shape index (κ3) is 1.98. The van der Waals surface area contributed by atoms with E-state index < -0.39 is 0 Å². The average molecular weight is 182 g/mol. The molecule has 0 N–H and O–H groups in total. The number of aromatic nitrogens is 1. The maximum absolute atomic E-state index is 11.3. The maximum atomic E-state index is 11.3. The van der Waals surface area contributed by atoms with E-state index in [-0.39, 0.29) is 5.91 Å². The second-order valence-corrected chi connectivity index (χ2v) is 3.15. The molecule has 1 amide bonds. The predicted molar refractivity (Wildman–Crippen MR) is 49.5 cm³/mol. The van der Waals surface area contributed by atoms with Crippen LogP contribution in [0.15, 0.2) is 23.4 Å². The van der Waals surface area contributed by atoms with E-state index in [1.165, 1.54) is 11.1 Å². The Balaban J connectivity index is 2.96. The number of amides is 1. The van der Waals surface area contributed by atoms with Gasteiger partial charge in [0, 0.05) is 31.4 Å². The SMILES string of the molecule is CN(C)C(=O)c1cncc(S)c1. The monoisotopic (exact) mass is 182 g/mol. The molecule has 0 aliphatic rings. The van der Waals surface area contributed by atoms with Crippen molar-refractivity contribution in [2.45, 2.75) is 4.90 Å². The number of carbonyl (C=O) groups is 1. The fourth-order valence-corrected chi connectivity index (χ4v) is 1.01. The van der Waals surface area contributed by atoms with Gasteiger partial charge in [0.2, 0.25) is 0 Å². The zero-order valence-electron chi connectivity index (χ0n) is 6.98. The first-order valence-electron chi connectivity index (χ1n) is 3.47. The van der Waals surface area contributed by atoms with Gasteiger partial charge < -0.3 is 4.90 Å². The summed E-state index contributed by atoms with van der Waals surface area (Å²) in [7, 11) is 3.40. The first kappa shape index (κ1) is 9.06. The van der Waals surface area contributed by atoms with E-state index in [1.807, 2.05) is 0 Å². The van der Waals surface area contributed by atoms with Gasteiger partial charge in [-0.2, -0.15) is 0 Å². The van der Waals surface area contributed by atoms with E-state index in [4.69, 9.17) is 0 Å². The zero-order chi connectivity index (χ0) is 9.14. The topological polar surface area (TPSA) is 33.2 Å². The van der Waals surface area contributed by atoms with Crippen molar-refractivity contribution in [3.05, 3.63) is 24.0 Å². The molecule has 4 heteroatoms. The Morgan fingerprint density at radius 1 is 1.50 bits per heavy atom. The Morgan fingerprint density at radius 3 is 2.67 bits per heavy atom. The number of hydrogen-bond acceptors (Lipinski definition) is 3. The van der Waals surface area contributed by atoms with Gasteiger partial charge in [-0.05, 0) is 6.07 Å². The molecular formula is C8H10N2OS. The minimum Gasteiger partial charge on any atom is -0.345 e. The van der Waals surface area contributed by atoms with E-state index in [9.17, 15) is 4.79 Å². The molecule has 0 saturated heterocycles. The maximum Gasteiger partial charge on any atom is 0.254 e. The van der Waals surface area contributed by atoms with Gasteiger partial charge >= 0.3 is 0 Å². The third-order valence-corrected chi connectivity index (χ3v) is 1.62. The molecule has 1 aromatic heterocycles.